The molecule has 6 heteroatoms. The summed E-state index contributed by atoms with van der Waals surface area (Å²) >= 11 is 0. The Hall–Kier alpha value is -2.24. The molecule has 2 saturated carbocycles. The molecule has 0 saturated heterocycles. The molecule has 2 fully saturated rings. The summed E-state index contributed by atoms with van der Waals surface area (Å²) in [4.78, 5) is 22.7. The molecule has 1 amide bonds. The number of para-hydroxylation sites is 1. The SMILES string of the molecule is CC1(C)[C@H]2CC[C@]1(C)/C(=N\NC(=O)c1ccccc1[N+](=O)[O-])C2. The molecular weight excluding hydrogens is 294 g/mol. The molecule has 2 atom stereocenters. The van der Waals surface area contributed by atoms with E-state index >= 15 is 0 Å². The van der Waals surface area contributed by atoms with Crippen LogP contribution in [0.15, 0.2) is 29.4 Å². The molecule has 1 N–H and O–H groups in total. The zero-order valence-electron chi connectivity index (χ0n) is 13.6. The fraction of sp³-hybridized carbons (Fsp3) is 0.529. The Kier molecular flexibility index (Phi) is 3.50. The maximum absolute atomic E-state index is 12.3. The summed E-state index contributed by atoms with van der Waals surface area (Å²) in [6.07, 6.45) is 3.16. The van der Waals surface area contributed by atoms with Gasteiger partial charge in [-0.25, -0.2) is 5.43 Å². The van der Waals surface area contributed by atoms with E-state index in [1.165, 1.54) is 18.6 Å². The van der Waals surface area contributed by atoms with Crippen LogP contribution in [0.4, 0.5) is 5.69 Å². The van der Waals surface area contributed by atoms with Gasteiger partial charge in [-0.05, 0) is 36.7 Å². The summed E-state index contributed by atoms with van der Waals surface area (Å²) in [6, 6.07) is 5.92. The summed E-state index contributed by atoms with van der Waals surface area (Å²) in [6.45, 7) is 6.73. The minimum atomic E-state index is -0.552. The molecule has 0 radical (unpaired) electrons. The monoisotopic (exact) mass is 315 g/mol. The number of rotatable bonds is 3. The van der Waals surface area contributed by atoms with Gasteiger partial charge < -0.3 is 0 Å². The number of carbonyl (C=O) groups is 1. The predicted molar refractivity (Wildman–Crippen MR) is 87.2 cm³/mol. The number of hydrazone groups is 1. The van der Waals surface area contributed by atoms with Crippen molar-refractivity contribution in [3.05, 3.63) is 39.9 Å². The number of amides is 1. The molecule has 1 aromatic carbocycles. The third kappa shape index (κ3) is 2.24. The number of hydrogen-bond donors (Lipinski definition) is 1. The number of nitrogens with one attached hydrogen (secondary N) is 1. The van der Waals surface area contributed by atoms with Crippen LogP contribution in [-0.4, -0.2) is 16.5 Å². The Balaban J connectivity index is 1.82. The van der Waals surface area contributed by atoms with Gasteiger partial charge in [0, 0.05) is 17.2 Å². The van der Waals surface area contributed by atoms with E-state index in [2.05, 4.69) is 31.3 Å². The maximum atomic E-state index is 12.3. The molecule has 3 rings (SSSR count). The average Bonchev–Trinajstić information content (AvgIpc) is 2.85. The zero-order chi connectivity index (χ0) is 16.8. The van der Waals surface area contributed by atoms with E-state index in [0.717, 1.165) is 18.6 Å². The highest BCUT2D eigenvalue weighted by molar-refractivity contribution is 6.00. The Morgan fingerprint density at radius 1 is 1.35 bits per heavy atom. The molecule has 2 aliphatic carbocycles. The van der Waals surface area contributed by atoms with Gasteiger partial charge >= 0.3 is 0 Å². The molecule has 23 heavy (non-hydrogen) atoms. The van der Waals surface area contributed by atoms with Crippen LogP contribution in [0.25, 0.3) is 0 Å². The van der Waals surface area contributed by atoms with Gasteiger partial charge in [-0.1, -0.05) is 32.9 Å². The number of nitrogens with zero attached hydrogens (tertiary/aromatic N) is 2. The Morgan fingerprint density at radius 2 is 2.04 bits per heavy atom. The second-order valence-electron chi connectivity index (χ2n) is 7.27. The molecule has 2 bridgehead atoms. The Labute approximate surface area is 135 Å². The van der Waals surface area contributed by atoms with Crippen molar-refractivity contribution in [2.24, 2.45) is 21.8 Å². The van der Waals surface area contributed by atoms with E-state index < -0.39 is 10.8 Å². The van der Waals surface area contributed by atoms with Gasteiger partial charge in [-0.3, -0.25) is 14.9 Å². The quantitative estimate of drug-likeness (QED) is 0.684. The van der Waals surface area contributed by atoms with E-state index in [9.17, 15) is 14.9 Å². The van der Waals surface area contributed by atoms with E-state index in [-0.39, 0.29) is 22.1 Å². The minimum Gasteiger partial charge on any atom is -0.267 e. The van der Waals surface area contributed by atoms with Crippen LogP contribution in [0.2, 0.25) is 0 Å². The van der Waals surface area contributed by atoms with Gasteiger partial charge in [0.2, 0.25) is 0 Å². The molecule has 0 heterocycles. The molecular formula is C17H21N3O3. The number of hydrogen-bond acceptors (Lipinski definition) is 4. The Bertz CT molecular complexity index is 711. The van der Waals surface area contributed by atoms with Crippen molar-refractivity contribution in [2.45, 2.75) is 40.0 Å². The standard InChI is InChI=1S/C17H21N3O3/c1-16(2)11-8-9-17(16,3)14(10-11)18-19-15(21)12-6-4-5-7-13(12)20(22)23/h4-7,11H,8-10H2,1-3H3,(H,19,21)/b18-14-/t11-,17+/m0/s1. The van der Waals surface area contributed by atoms with Gasteiger partial charge in [-0.2, -0.15) is 5.10 Å². The van der Waals surface area contributed by atoms with Crippen LogP contribution in [0.5, 0.6) is 0 Å². The van der Waals surface area contributed by atoms with E-state index in [1.54, 1.807) is 12.1 Å². The van der Waals surface area contributed by atoms with Crippen LogP contribution in [0.1, 0.15) is 50.4 Å². The van der Waals surface area contributed by atoms with E-state index in [1.807, 2.05) is 0 Å². The second-order valence-corrected chi connectivity index (χ2v) is 7.27. The van der Waals surface area contributed by atoms with E-state index in [4.69, 9.17) is 0 Å². The predicted octanol–water partition coefficient (Wildman–Crippen LogP) is 3.53. The maximum Gasteiger partial charge on any atom is 0.282 e. The highest BCUT2D eigenvalue weighted by Crippen LogP contribution is 2.63. The first-order chi connectivity index (χ1) is 10.8. The first-order valence-corrected chi connectivity index (χ1v) is 7.88. The average molecular weight is 315 g/mol. The van der Waals surface area contributed by atoms with Crippen molar-refractivity contribution >= 4 is 17.3 Å². The zero-order valence-corrected chi connectivity index (χ0v) is 13.6. The van der Waals surface area contributed by atoms with Crippen LogP contribution in [0, 0.1) is 26.9 Å². The van der Waals surface area contributed by atoms with Gasteiger partial charge in [0.05, 0.1) is 4.92 Å². The van der Waals surface area contributed by atoms with Gasteiger partial charge in [0.25, 0.3) is 11.6 Å². The number of fused-ring (bicyclic) bond motifs is 2. The highest BCUT2D eigenvalue weighted by Gasteiger charge is 2.60. The minimum absolute atomic E-state index is 0.00638. The third-order valence-electron chi connectivity index (χ3n) is 6.15. The van der Waals surface area contributed by atoms with Gasteiger partial charge in [0.15, 0.2) is 0 Å². The summed E-state index contributed by atoms with van der Waals surface area (Å²) in [5.41, 5.74) is 3.54. The lowest BCUT2D eigenvalue weighted by atomic mass is 9.70. The molecule has 6 nitrogen and oxygen atoms in total. The fourth-order valence-electron chi connectivity index (χ4n) is 4.10. The number of nitro groups is 1. The van der Waals surface area contributed by atoms with Crippen LogP contribution in [-0.2, 0) is 0 Å². The normalized spacial score (nSPS) is 29.7. The van der Waals surface area contributed by atoms with Crippen molar-refractivity contribution in [3.8, 4) is 0 Å². The summed E-state index contributed by atoms with van der Waals surface area (Å²) in [5, 5.41) is 15.4. The molecule has 0 spiro atoms. The third-order valence-corrected chi connectivity index (χ3v) is 6.15. The van der Waals surface area contributed by atoms with Gasteiger partial charge in [0.1, 0.15) is 5.56 Å². The Morgan fingerprint density at radius 3 is 2.61 bits per heavy atom. The first kappa shape index (κ1) is 15.6. The van der Waals surface area contributed by atoms with Crippen molar-refractivity contribution in [1.29, 1.82) is 0 Å². The smallest absolute Gasteiger partial charge is 0.267 e. The van der Waals surface area contributed by atoms with Crippen molar-refractivity contribution in [1.82, 2.24) is 5.43 Å². The molecule has 0 aromatic heterocycles. The van der Waals surface area contributed by atoms with Crippen molar-refractivity contribution in [2.75, 3.05) is 0 Å². The van der Waals surface area contributed by atoms with Crippen LogP contribution < -0.4 is 5.43 Å². The lowest BCUT2D eigenvalue weighted by Gasteiger charge is -2.34. The fourth-order valence-corrected chi connectivity index (χ4v) is 4.10. The lowest BCUT2D eigenvalue weighted by molar-refractivity contribution is -0.385. The van der Waals surface area contributed by atoms with Gasteiger partial charge in [-0.15, -0.1) is 0 Å². The molecule has 122 valence electrons. The summed E-state index contributed by atoms with van der Waals surface area (Å²) < 4.78 is 0. The number of carbonyl (C=O) groups excluding carboxylic acids is 1. The molecule has 1 aromatic rings. The molecule has 2 aliphatic rings. The topological polar surface area (TPSA) is 84.6 Å². The summed E-state index contributed by atoms with van der Waals surface area (Å²) in [7, 11) is 0. The second kappa shape index (κ2) is 5.15. The van der Waals surface area contributed by atoms with E-state index in [0.29, 0.717) is 5.92 Å². The summed E-state index contributed by atoms with van der Waals surface area (Å²) in [5.74, 6) is 0.0585. The van der Waals surface area contributed by atoms with Crippen molar-refractivity contribution in [3.63, 3.8) is 0 Å². The first-order valence-electron chi connectivity index (χ1n) is 7.88. The van der Waals surface area contributed by atoms with Crippen LogP contribution in [0.3, 0.4) is 0 Å². The lowest BCUT2D eigenvalue weighted by Crippen LogP contribution is -2.34. The van der Waals surface area contributed by atoms with Crippen LogP contribution >= 0.6 is 0 Å². The molecule has 0 aliphatic heterocycles. The highest BCUT2D eigenvalue weighted by atomic mass is 16.6. The molecule has 0 unspecified atom stereocenters. The largest absolute Gasteiger partial charge is 0.282 e. The van der Waals surface area contributed by atoms with Crippen molar-refractivity contribution < 1.29 is 9.72 Å². The number of benzene rings is 1. The number of nitro benzene ring substituents is 1.